The summed E-state index contributed by atoms with van der Waals surface area (Å²) in [4.78, 5) is 47.1. The van der Waals surface area contributed by atoms with E-state index in [1.54, 1.807) is 23.1 Å². The maximum atomic E-state index is 13.3. The molecule has 1 saturated heterocycles. The minimum absolute atomic E-state index is 0.0972. The largest absolute Gasteiger partial charge is 0.463 e. The van der Waals surface area contributed by atoms with Gasteiger partial charge >= 0.3 is 0 Å². The Bertz CT molecular complexity index is 1450. The zero-order valence-corrected chi connectivity index (χ0v) is 20.0. The molecule has 2 amide bonds. The van der Waals surface area contributed by atoms with Crippen LogP contribution in [0.5, 0.6) is 0 Å². The van der Waals surface area contributed by atoms with Gasteiger partial charge in [-0.05, 0) is 37.6 Å². The van der Waals surface area contributed by atoms with Crippen molar-refractivity contribution in [2.75, 3.05) is 16.8 Å². The number of H-pyrrole nitrogens is 1. The number of aromatic amines is 1. The Morgan fingerprint density at radius 3 is 2.72 bits per heavy atom. The number of amides is 2. The van der Waals surface area contributed by atoms with Gasteiger partial charge in [-0.15, -0.1) is 0 Å². The molecule has 0 spiro atoms. The minimum atomic E-state index is -0.548. The van der Waals surface area contributed by atoms with Crippen LogP contribution in [0.3, 0.4) is 0 Å². The number of furan rings is 1. The first-order valence-electron chi connectivity index (χ1n) is 11.8. The van der Waals surface area contributed by atoms with E-state index >= 15 is 0 Å². The summed E-state index contributed by atoms with van der Waals surface area (Å²) >= 11 is 0. The molecule has 4 aromatic rings. The number of nitrogens with one attached hydrogen (secondary N) is 2. The molecule has 5 rings (SSSR count). The number of aromatic nitrogens is 4. The van der Waals surface area contributed by atoms with Crippen molar-refractivity contribution in [1.29, 1.82) is 0 Å². The molecule has 0 radical (unpaired) electrons. The van der Waals surface area contributed by atoms with Crippen LogP contribution in [-0.2, 0) is 16.0 Å². The maximum absolute atomic E-state index is 13.3. The van der Waals surface area contributed by atoms with Crippen LogP contribution in [0.15, 0.2) is 64.0 Å². The summed E-state index contributed by atoms with van der Waals surface area (Å²) in [7, 11) is 0. The predicted molar refractivity (Wildman–Crippen MR) is 134 cm³/mol. The van der Waals surface area contributed by atoms with E-state index < -0.39 is 5.92 Å². The van der Waals surface area contributed by atoms with E-state index in [0.29, 0.717) is 29.4 Å². The van der Waals surface area contributed by atoms with Crippen molar-refractivity contribution < 1.29 is 14.0 Å². The van der Waals surface area contributed by atoms with E-state index in [1.807, 2.05) is 38.1 Å². The van der Waals surface area contributed by atoms with Crippen LogP contribution < -0.4 is 15.8 Å². The van der Waals surface area contributed by atoms with Crippen LogP contribution >= 0.6 is 0 Å². The Hall–Kier alpha value is -4.47. The molecule has 2 N–H and O–H groups in total. The third-order valence-electron chi connectivity index (χ3n) is 6.06. The second-order valence-corrected chi connectivity index (χ2v) is 8.84. The standard InChI is InChI=1S/C26H26N6O4/c1-3-5-18-13-23(33)29-26(27-18)32-22(14-20(30-32)21-6-4-11-36-21)28-25(35)17-12-24(34)31(15-17)19-9-7-16(2)8-10-19/h4,6-11,13-14,17H,3,5,12,15H2,1-2H3,(H,28,35)(H,27,29,33). The van der Waals surface area contributed by atoms with E-state index in [1.165, 1.54) is 17.0 Å². The van der Waals surface area contributed by atoms with Gasteiger partial charge in [-0.25, -0.2) is 4.98 Å². The fourth-order valence-corrected chi connectivity index (χ4v) is 4.24. The Morgan fingerprint density at radius 1 is 1.19 bits per heavy atom. The number of carbonyl (C=O) groups is 2. The molecule has 1 aliphatic heterocycles. The average molecular weight is 487 g/mol. The van der Waals surface area contributed by atoms with Crippen molar-refractivity contribution in [2.24, 2.45) is 5.92 Å². The lowest BCUT2D eigenvalue weighted by molar-refractivity contribution is -0.122. The molecule has 1 unspecified atom stereocenters. The molecule has 0 saturated carbocycles. The van der Waals surface area contributed by atoms with E-state index in [4.69, 9.17) is 4.42 Å². The van der Waals surface area contributed by atoms with Crippen LogP contribution in [0.1, 0.15) is 31.0 Å². The fraction of sp³-hybridized carbons (Fsp3) is 0.269. The van der Waals surface area contributed by atoms with Crippen LogP contribution in [-0.4, -0.2) is 38.1 Å². The number of anilines is 2. The van der Waals surface area contributed by atoms with Crippen molar-refractivity contribution in [3.8, 4) is 17.4 Å². The Balaban J connectivity index is 1.44. The lowest BCUT2D eigenvalue weighted by atomic mass is 10.1. The zero-order valence-electron chi connectivity index (χ0n) is 20.0. The normalized spacial score (nSPS) is 15.4. The molecule has 1 atom stereocenters. The molecule has 3 aromatic heterocycles. The summed E-state index contributed by atoms with van der Waals surface area (Å²) < 4.78 is 6.85. The SMILES string of the molecule is CCCc1cc(=O)[nH]c(-n2nc(-c3ccco3)cc2NC(=O)C2CC(=O)N(c3ccc(C)cc3)C2)n1. The summed E-state index contributed by atoms with van der Waals surface area (Å²) in [6.07, 6.45) is 3.08. The molecule has 36 heavy (non-hydrogen) atoms. The van der Waals surface area contributed by atoms with Crippen molar-refractivity contribution in [3.63, 3.8) is 0 Å². The predicted octanol–water partition coefficient (Wildman–Crippen LogP) is 3.47. The number of rotatable bonds is 7. The molecular weight excluding hydrogens is 460 g/mol. The average Bonchev–Trinajstić information content (AvgIpc) is 3.59. The Labute approximate surface area is 207 Å². The molecule has 1 fully saturated rings. The first-order chi connectivity index (χ1) is 17.4. The van der Waals surface area contributed by atoms with Crippen LogP contribution in [0.4, 0.5) is 11.5 Å². The maximum Gasteiger partial charge on any atom is 0.252 e. The van der Waals surface area contributed by atoms with Crippen LogP contribution in [0.2, 0.25) is 0 Å². The topological polar surface area (TPSA) is 126 Å². The molecular formula is C26H26N6O4. The van der Waals surface area contributed by atoms with Gasteiger partial charge in [0.1, 0.15) is 11.5 Å². The highest BCUT2D eigenvalue weighted by atomic mass is 16.3. The first kappa shape index (κ1) is 23.3. The van der Waals surface area contributed by atoms with Gasteiger partial charge in [-0.2, -0.15) is 9.78 Å². The summed E-state index contributed by atoms with van der Waals surface area (Å²) in [6, 6.07) is 14.2. The lowest BCUT2D eigenvalue weighted by Crippen LogP contribution is -2.29. The highest BCUT2D eigenvalue weighted by Gasteiger charge is 2.35. The van der Waals surface area contributed by atoms with Crippen molar-refractivity contribution in [1.82, 2.24) is 19.7 Å². The third-order valence-corrected chi connectivity index (χ3v) is 6.06. The van der Waals surface area contributed by atoms with E-state index in [0.717, 1.165) is 17.7 Å². The molecule has 1 aromatic carbocycles. The van der Waals surface area contributed by atoms with Crippen LogP contribution in [0.25, 0.3) is 17.4 Å². The molecule has 10 heteroatoms. The number of benzene rings is 1. The van der Waals surface area contributed by atoms with Gasteiger partial charge in [0.15, 0.2) is 5.76 Å². The number of hydrogen-bond donors (Lipinski definition) is 2. The Kier molecular flexibility index (Phi) is 6.24. The lowest BCUT2D eigenvalue weighted by Gasteiger charge is -2.17. The molecule has 4 heterocycles. The zero-order chi connectivity index (χ0) is 25.2. The second-order valence-electron chi connectivity index (χ2n) is 8.84. The highest BCUT2D eigenvalue weighted by Crippen LogP contribution is 2.28. The van der Waals surface area contributed by atoms with Crippen molar-refractivity contribution in [2.45, 2.75) is 33.1 Å². The molecule has 10 nitrogen and oxygen atoms in total. The summed E-state index contributed by atoms with van der Waals surface area (Å²) in [5.74, 6) is 0.0111. The second kappa shape index (κ2) is 9.65. The summed E-state index contributed by atoms with van der Waals surface area (Å²) in [6.45, 7) is 4.25. The molecule has 1 aliphatic rings. The summed E-state index contributed by atoms with van der Waals surface area (Å²) in [5.41, 5.74) is 2.63. The van der Waals surface area contributed by atoms with Gasteiger partial charge in [0.05, 0.1) is 12.2 Å². The highest BCUT2D eigenvalue weighted by molar-refractivity contribution is 6.03. The van der Waals surface area contributed by atoms with E-state index in [-0.39, 0.29) is 36.3 Å². The number of nitrogens with zero attached hydrogens (tertiary/aromatic N) is 4. The number of aryl methyl sites for hydroxylation is 2. The molecule has 0 bridgehead atoms. The quantitative estimate of drug-likeness (QED) is 0.412. The first-order valence-corrected chi connectivity index (χ1v) is 11.8. The van der Waals surface area contributed by atoms with Gasteiger partial charge in [0.2, 0.25) is 17.8 Å². The number of hydrogen-bond acceptors (Lipinski definition) is 6. The molecule has 184 valence electrons. The summed E-state index contributed by atoms with van der Waals surface area (Å²) in [5, 5.41) is 7.41. The number of carbonyl (C=O) groups excluding carboxylic acids is 2. The third kappa shape index (κ3) is 4.70. The fourth-order valence-electron chi connectivity index (χ4n) is 4.24. The van der Waals surface area contributed by atoms with Crippen molar-refractivity contribution >= 4 is 23.3 Å². The van der Waals surface area contributed by atoms with Crippen LogP contribution in [0, 0.1) is 12.8 Å². The van der Waals surface area contributed by atoms with E-state index in [2.05, 4.69) is 20.4 Å². The van der Waals surface area contributed by atoms with Gasteiger partial charge < -0.3 is 14.6 Å². The smallest absolute Gasteiger partial charge is 0.252 e. The van der Waals surface area contributed by atoms with E-state index in [9.17, 15) is 14.4 Å². The molecule has 0 aliphatic carbocycles. The van der Waals surface area contributed by atoms with Gasteiger partial charge in [-0.3, -0.25) is 19.4 Å². The van der Waals surface area contributed by atoms with Gasteiger partial charge in [0.25, 0.3) is 5.56 Å². The van der Waals surface area contributed by atoms with Gasteiger partial charge in [-0.1, -0.05) is 31.0 Å². The van der Waals surface area contributed by atoms with Gasteiger partial charge in [0, 0.05) is 36.5 Å². The monoisotopic (exact) mass is 486 g/mol. The van der Waals surface area contributed by atoms with Crippen molar-refractivity contribution in [3.05, 3.63) is 76.4 Å². The Morgan fingerprint density at radius 2 is 2.00 bits per heavy atom. The minimum Gasteiger partial charge on any atom is -0.463 e.